The molecule has 140 valence electrons. The molecule has 6 nitrogen and oxygen atoms in total. The number of nitrogens with two attached hydrogens (primary N) is 1. The summed E-state index contributed by atoms with van der Waals surface area (Å²) >= 11 is 0. The predicted octanol–water partition coefficient (Wildman–Crippen LogP) is 3.45. The third kappa shape index (κ3) is 3.85. The monoisotopic (exact) mass is 362 g/mol. The second-order valence-electron chi connectivity index (χ2n) is 8.02. The molecule has 3 heterocycles. The van der Waals surface area contributed by atoms with E-state index in [1.165, 1.54) is 17.7 Å². The molecule has 0 saturated carbocycles. The fourth-order valence-corrected chi connectivity index (χ4v) is 3.70. The Bertz CT molecular complexity index is 929. The quantitative estimate of drug-likeness (QED) is 0.646. The second-order valence-corrected chi connectivity index (χ2v) is 8.02. The first-order valence-electron chi connectivity index (χ1n) is 9.44. The van der Waals surface area contributed by atoms with Crippen LogP contribution in [-0.4, -0.2) is 20.2 Å². The number of aromatic nitrogens is 4. The molecule has 4 N–H and O–H groups in total. The van der Waals surface area contributed by atoms with Crippen LogP contribution < -0.4 is 11.1 Å². The van der Waals surface area contributed by atoms with Crippen molar-refractivity contribution in [1.29, 1.82) is 0 Å². The third-order valence-corrected chi connectivity index (χ3v) is 5.22. The first kappa shape index (κ1) is 17.7. The predicted molar refractivity (Wildman–Crippen MR) is 107 cm³/mol. The number of rotatable bonds is 5. The Labute approximate surface area is 159 Å². The molecule has 1 aliphatic rings. The second kappa shape index (κ2) is 7.12. The molecule has 0 fully saturated rings. The zero-order valence-electron chi connectivity index (χ0n) is 15.9. The van der Waals surface area contributed by atoms with Crippen LogP contribution in [-0.2, 0) is 25.9 Å². The number of anilines is 1. The molecule has 0 amide bonds. The topological polar surface area (TPSA) is 92.5 Å². The Balaban J connectivity index is 1.63. The van der Waals surface area contributed by atoms with Crippen molar-refractivity contribution in [1.82, 2.24) is 20.2 Å². The average Bonchev–Trinajstić information content (AvgIpc) is 3.08. The van der Waals surface area contributed by atoms with Gasteiger partial charge in [-0.25, -0.2) is 4.98 Å². The van der Waals surface area contributed by atoms with E-state index >= 15 is 0 Å². The highest BCUT2D eigenvalue weighted by molar-refractivity contribution is 5.68. The van der Waals surface area contributed by atoms with E-state index in [1.807, 2.05) is 24.4 Å². The molecule has 27 heavy (non-hydrogen) atoms. The summed E-state index contributed by atoms with van der Waals surface area (Å²) in [5.41, 5.74) is 12.9. The van der Waals surface area contributed by atoms with Crippen LogP contribution in [0, 0.1) is 5.41 Å². The van der Waals surface area contributed by atoms with E-state index in [-0.39, 0.29) is 0 Å². The fraction of sp³-hybridized carbons (Fsp3) is 0.381. The van der Waals surface area contributed by atoms with Crippen molar-refractivity contribution < 1.29 is 0 Å². The van der Waals surface area contributed by atoms with Crippen molar-refractivity contribution in [3.63, 3.8) is 0 Å². The largest absolute Gasteiger partial charge is 0.366 e. The Hall–Kier alpha value is -2.73. The van der Waals surface area contributed by atoms with Gasteiger partial charge >= 0.3 is 0 Å². The maximum Gasteiger partial charge on any atom is 0.127 e. The first-order valence-corrected chi connectivity index (χ1v) is 9.44. The molecule has 6 heteroatoms. The lowest BCUT2D eigenvalue weighted by molar-refractivity contribution is 0.312. The Morgan fingerprint density at radius 2 is 2.19 bits per heavy atom. The molecule has 3 aromatic rings. The van der Waals surface area contributed by atoms with E-state index in [4.69, 9.17) is 5.73 Å². The van der Waals surface area contributed by atoms with Crippen molar-refractivity contribution in [3.05, 3.63) is 59.2 Å². The molecule has 3 aromatic heterocycles. The molecule has 0 bridgehead atoms. The van der Waals surface area contributed by atoms with Crippen LogP contribution in [0.3, 0.4) is 0 Å². The number of hydrogen-bond donors (Lipinski definition) is 3. The van der Waals surface area contributed by atoms with Crippen LogP contribution in [0.5, 0.6) is 0 Å². The zero-order valence-corrected chi connectivity index (χ0v) is 15.9. The van der Waals surface area contributed by atoms with E-state index in [0.717, 1.165) is 41.2 Å². The number of aromatic amines is 1. The third-order valence-electron chi connectivity index (χ3n) is 5.22. The summed E-state index contributed by atoms with van der Waals surface area (Å²) in [6, 6.07) is 8.08. The molecule has 0 spiro atoms. The van der Waals surface area contributed by atoms with Crippen molar-refractivity contribution in [3.8, 4) is 11.3 Å². The van der Waals surface area contributed by atoms with Gasteiger partial charge in [-0.15, -0.1) is 0 Å². The molecule has 0 aliphatic heterocycles. The van der Waals surface area contributed by atoms with Gasteiger partial charge in [-0.3, -0.25) is 10.1 Å². The van der Waals surface area contributed by atoms with Gasteiger partial charge in [-0.05, 0) is 48.4 Å². The molecule has 0 saturated heterocycles. The van der Waals surface area contributed by atoms with Crippen LogP contribution in [0.1, 0.15) is 42.8 Å². The molecular formula is C21H26N6. The van der Waals surface area contributed by atoms with Gasteiger partial charge in [0.25, 0.3) is 0 Å². The van der Waals surface area contributed by atoms with E-state index in [1.54, 1.807) is 6.20 Å². The maximum absolute atomic E-state index is 5.89. The number of fused-ring (bicyclic) bond motifs is 1. The van der Waals surface area contributed by atoms with E-state index in [0.29, 0.717) is 18.5 Å². The van der Waals surface area contributed by atoms with Gasteiger partial charge in [0.2, 0.25) is 0 Å². The SMILES string of the molecule is CC1(C)CCc2c(-c3cc(CN)nc(NCc4cccnc4)c3)n[nH]c2C1. The summed E-state index contributed by atoms with van der Waals surface area (Å²) in [6.45, 7) is 5.70. The smallest absolute Gasteiger partial charge is 0.127 e. The molecule has 0 aromatic carbocycles. The average molecular weight is 362 g/mol. The Morgan fingerprint density at radius 1 is 1.30 bits per heavy atom. The molecule has 4 rings (SSSR count). The van der Waals surface area contributed by atoms with Crippen LogP contribution in [0.15, 0.2) is 36.7 Å². The van der Waals surface area contributed by atoms with Gasteiger partial charge in [0.15, 0.2) is 0 Å². The van der Waals surface area contributed by atoms with Gasteiger partial charge in [-0.2, -0.15) is 5.10 Å². The number of nitrogens with one attached hydrogen (secondary N) is 2. The minimum Gasteiger partial charge on any atom is -0.366 e. The number of pyridine rings is 2. The van der Waals surface area contributed by atoms with E-state index in [2.05, 4.69) is 45.4 Å². The molecule has 0 radical (unpaired) electrons. The summed E-state index contributed by atoms with van der Waals surface area (Å²) in [5, 5.41) is 11.3. The number of hydrogen-bond acceptors (Lipinski definition) is 5. The van der Waals surface area contributed by atoms with Crippen molar-refractivity contribution >= 4 is 5.82 Å². The minimum atomic E-state index is 0.327. The minimum absolute atomic E-state index is 0.327. The zero-order chi connectivity index (χ0) is 18.9. The van der Waals surface area contributed by atoms with Gasteiger partial charge < -0.3 is 11.1 Å². The fourth-order valence-electron chi connectivity index (χ4n) is 3.70. The Kier molecular flexibility index (Phi) is 4.66. The number of H-pyrrole nitrogens is 1. The lowest BCUT2D eigenvalue weighted by Gasteiger charge is -2.29. The van der Waals surface area contributed by atoms with E-state index in [9.17, 15) is 0 Å². The van der Waals surface area contributed by atoms with Crippen LogP contribution >= 0.6 is 0 Å². The highest BCUT2D eigenvalue weighted by atomic mass is 15.1. The summed E-state index contributed by atoms with van der Waals surface area (Å²) in [4.78, 5) is 8.77. The van der Waals surface area contributed by atoms with Gasteiger partial charge in [0, 0.05) is 42.3 Å². The van der Waals surface area contributed by atoms with Gasteiger partial charge in [0.05, 0.1) is 11.4 Å². The van der Waals surface area contributed by atoms with Crippen LogP contribution in [0.25, 0.3) is 11.3 Å². The molecule has 0 unspecified atom stereocenters. The lowest BCUT2D eigenvalue weighted by atomic mass is 9.76. The highest BCUT2D eigenvalue weighted by Gasteiger charge is 2.29. The molecular weight excluding hydrogens is 336 g/mol. The normalized spacial score (nSPS) is 15.4. The van der Waals surface area contributed by atoms with Crippen LogP contribution in [0.4, 0.5) is 5.82 Å². The van der Waals surface area contributed by atoms with Gasteiger partial charge in [0.1, 0.15) is 5.82 Å². The van der Waals surface area contributed by atoms with Crippen molar-refractivity contribution in [2.24, 2.45) is 11.1 Å². The van der Waals surface area contributed by atoms with Gasteiger partial charge in [-0.1, -0.05) is 19.9 Å². The number of nitrogens with zero attached hydrogens (tertiary/aromatic N) is 3. The molecule has 0 atom stereocenters. The van der Waals surface area contributed by atoms with Crippen molar-refractivity contribution in [2.75, 3.05) is 5.32 Å². The summed E-state index contributed by atoms with van der Waals surface area (Å²) in [7, 11) is 0. The molecule has 1 aliphatic carbocycles. The Morgan fingerprint density at radius 3 is 2.96 bits per heavy atom. The summed E-state index contributed by atoms with van der Waals surface area (Å²) in [6.07, 6.45) is 6.89. The summed E-state index contributed by atoms with van der Waals surface area (Å²) < 4.78 is 0. The van der Waals surface area contributed by atoms with Crippen molar-refractivity contribution in [2.45, 2.75) is 46.2 Å². The summed E-state index contributed by atoms with van der Waals surface area (Å²) in [5.74, 6) is 0.810. The highest BCUT2D eigenvalue weighted by Crippen LogP contribution is 2.38. The van der Waals surface area contributed by atoms with Crippen LogP contribution in [0.2, 0.25) is 0 Å². The standard InChI is InChI=1S/C21H26N6/c1-21(2)6-5-17-18(10-21)26-27-20(17)15-8-16(11-22)25-19(9-15)24-13-14-4-3-7-23-12-14/h3-4,7-9,12H,5-6,10-11,13,22H2,1-2H3,(H,24,25)(H,26,27). The van der Waals surface area contributed by atoms with E-state index < -0.39 is 0 Å². The maximum atomic E-state index is 5.89. The first-order chi connectivity index (χ1) is 13.0. The lowest BCUT2D eigenvalue weighted by Crippen LogP contribution is -2.21.